The molecular weight excluding hydrogens is 560 g/mol. The Bertz CT molecular complexity index is 1980. The van der Waals surface area contributed by atoms with Crippen LogP contribution >= 0.6 is 0 Å². The minimum absolute atomic E-state index is 0.0387. The molecule has 0 radical (unpaired) electrons. The van der Waals surface area contributed by atoms with Crippen LogP contribution in [-0.4, -0.2) is 11.2 Å². The summed E-state index contributed by atoms with van der Waals surface area (Å²) < 4.78 is 6.38. The van der Waals surface area contributed by atoms with Crippen LogP contribution in [0.15, 0.2) is 119 Å². The first-order chi connectivity index (χ1) is 21.9. The number of hydrogen-bond acceptors (Lipinski definition) is 3. The van der Waals surface area contributed by atoms with E-state index in [1.807, 2.05) is 42.6 Å². The molecule has 0 N–H and O–H groups in total. The second-order valence-corrected chi connectivity index (χ2v) is 14.6. The van der Waals surface area contributed by atoms with Gasteiger partial charge in [-0.1, -0.05) is 134 Å². The lowest BCUT2D eigenvalue weighted by Crippen LogP contribution is -2.17. The van der Waals surface area contributed by atoms with E-state index >= 15 is 0 Å². The molecule has 3 nitrogen and oxygen atoms in total. The Balaban J connectivity index is 1.33. The van der Waals surface area contributed by atoms with Crippen LogP contribution in [0.4, 0.5) is 5.69 Å². The largest absolute Gasteiger partial charge is 0.436 e. The van der Waals surface area contributed by atoms with Crippen molar-refractivity contribution in [2.24, 2.45) is 4.99 Å². The van der Waals surface area contributed by atoms with Crippen LogP contribution in [-0.2, 0) is 10.8 Å². The fourth-order valence-electron chi connectivity index (χ4n) is 5.70. The average Bonchev–Trinajstić information content (AvgIpc) is 3.48. The van der Waals surface area contributed by atoms with Crippen LogP contribution in [0, 0.1) is 0 Å². The predicted octanol–water partition coefficient (Wildman–Crippen LogP) is 12.3. The summed E-state index contributed by atoms with van der Waals surface area (Å²) in [6, 6.07) is 38.6. The van der Waals surface area contributed by atoms with E-state index in [-0.39, 0.29) is 10.8 Å². The first kappa shape index (κ1) is 31.2. The standard InChI is InChI=1S/C43H44N2O/c1-28(2)30-16-18-31(19-17-30)32-20-22-33(23-21-32)36-13-11-15-39-40(36)45-41(46-39)37-12-9-10-14-38(37)44-27-29-24-34(42(3,4)5)26-35(25-29)43(6,7)8/h9-28H,1-8H3. The maximum Gasteiger partial charge on any atom is 0.229 e. The van der Waals surface area contributed by atoms with Gasteiger partial charge in [0.2, 0.25) is 5.89 Å². The number of fused-ring (bicyclic) bond motifs is 1. The van der Waals surface area contributed by atoms with Gasteiger partial charge in [-0.25, -0.2) is 4.98 Å². The molecule has 0 fully saturated rings. The van der Waals surface area contributed by atoms with E-state index in [4.69, 9.17) is 14.4 Å². The molecule has 0 unspecified atom stereocenters. The molecule has 6 aromatic rings. The smallest absolute Gasteiger partial charge is 0.229 e. The summed E-state index contributed by atoms with van der Waals surface area (Å²) in [6.45, 7) is 18.0. The van der Waals surface area contributed by atoms with Crippen LogP contribution in [0.1, 0.15) is 83.6 Å². The molecule has 1 heterocycles. The summed E-state index contributed by atoms with van der Waals surface area (Å²) in [5.74, 6) is 1.09. The van der Waals surface area contributed by atoms with Gasteiger partial charge in [0.25, 0.3) is 0 Å². The number of benzene rings is 5. The third-order valence-electron chi connectivity index (χ3n) is 8.70. The Labute approximate surface area is 274 Å². The van der Waals surface area contributed by atoms with E-state index in [1.165, 1.54) is 27.8 Å². The van der Waals surface area contributed by atoms with Crippen molar-refractivity contribution in [3.8, 4) is 33.7 Å². The van der Waals surface area contributed by atoms with Crippen molar-refractivity contribution in [1.29, 1.82) is 0 Å². The summed E-state index contributed by atoms with van der Waals surface area (Å²) in [6.07, 6.45) is 1.97. The normalized spacial score (nSPS) is 12.5. The van der Waals surface area contributed by atoms with E-state index in [1.54, 1.807) is 0 Å². The molecule has 0 aliphatic carbocycles. The Kier molecular flexibility index (Phi) is 8.29. The molecule has 0 saturated carbocycles. The molecule has 0 aliphatic rings. The van der Waals surface area contributed by atoms with E-state index < -0.39 is 0 Å². The van der Waals surface area contributed by atoms with E-state index in [2.05, 4.69) is 128 Å². The van der Waals surface area contributed by atoms with E-state index in [9.17, 15) is 0 Å². The first-order valence-electron chi connectivity index (χ1n) is 16.3. The molecule has 46 heavy (non-hydrogen) atoms. The highest BCUT2D eigenvalue weighted by atomic mass is 16.3. The second-order valence-electron chi connectivity index (χ2n) is 14.6. The summed E-state index contributed by atoms with van der Waals surface area (Å²) >= 11 is 0. The quantitative estimate of drug-likeness (QED) is 0.177. The van der Waals surface area contributed by atoms with Gasteiger partial charge in [0.15, 0.2) is 5.58 Å². The molecule has 1 aromatic heterocycles. The van der Waals surface area contributed by atoms with Crippen LogP contribution in [0.5, 0.6) is 0 Å². The lowest BCUT2D eigenvalue weighted by molar-refractivity contribution is 0.568. The molecule has 6 rings (SSSR count). The molecule has 232 valence electrons. The maximum absolute atomic E-state index is 6.38. The number of rotatable bonds is 6. The lowest BCUT2D eigenvalue weighted by Gasteiger charge is -2.25. The van der Waals surface area contributed by atoms with E-state index in [0.29, 0.717) is 11.8 Å². The predicted molar refractivity (Wildman–Crippen MR) is 196 cm³/mol. The highest BCUT2D eigenvalue weighted by Crippen LogP contribution is 2.37. The summed E-state index contributed by atoms with van der Waals surface area (Å²) in [7, 11) is 0. The van der Waals surface area contributed by atoms with Gasteiger partial charge in [-0.15, -0.1) is 0 Å². The minimum Gasteiger partial charge on any atom is -0.436 e. The fourth-order valence-corrected chi connectivity index (χ4v) is 5.70. The molecule has 0 saturated heterocycles. The van der Waals surface area contributed by atoms with Crippen LogP contribution in [0.2, 0.25) is 0 Å². The van der Waals surface area contributed by atoms with Crippen molar-refractivity contribution >= 4 is 23.0 Å². The Morgan fingerprint density at radius 3 is 1.80 bits per heavy atom. The van der Waals surface area contributed by atoms with Crippen LogP contribution in [0.25, 0.3) is 44.8 Å². The lowest BCUT2D eigenvalue weighted by atomic mass is 9.79. The number of hydrogen-bond donors (Lipinski definition) is 0. The zero-order chi connectivity index (χ0) is 32.6. The SMILES string of the molecule is CC(C)c1ccc(-c2ccc(-c3cccc4oc(-c5ccccc5N=Cc5cc(C(C)(C)C)cc(C(C)(C)C)c5)nc34)cc2)cc1. The highest BCUT2D eigenvalue weighted by molar-refractivity contribution is 5.93. The molecule has 0 atom stereocenters. The van der Waals surface area contributed by atoms with Gasteiger partial charge in [0.05, 0.1) is 11.3 Å². The molecule has 0 amide bonds. The monoisotopic (exact) mass is 604 g/mol. The average molecular weight is 605 g/mol. The Morgan fingerprint density at radius 2 is 1.20 bits per heavy atom. The van der Waals surface area contributed by atoms with Crippen molar-refractivity contribution in [3.63, 3.8) is 0 Å². The van der Waals surface area contributed by atoms with Gasteiger partial charge in [-0.05, 0) is 86.0 Å². The zero-order valence-electron chi connectivity index (χ0n) is 28.3. The molecule has 0 bridgehead atoms. The molecule has 5 aromatic carbocycles. The van der Waals surface area contributed by atoms with Gasteiger partial charge in [-0.3, -0.25) is 4.99 Å². The topological polar surface area (TPSA) is 38.4 Å². The van der Waals surface area contributed by atoms with Crippen molar-refractivity contribution in [3.05, 3.63) is 131 Å². The van der Waals surface area contributed by atoms with Crippen LogP contribution in [0.3, 0.4) is 0 Å². The number of oxazole rings is 1. The van der Waals surface area contributed by atoms with Gasteiger partial charge in [0.1, 0.15) is 5.52 Å². The van der Waals surface area contributed by atoms with Crippen molar-refractivity contribution in [2.45, 2.75) is 72.1 Å². The molecule has 0 spiro atoms. The van der Waals surface area contributed by atoms with Gasteiger partial charge in [-0.2, -0.15) is 0 Å². The van der Waals surface area contributed by atoms with Crippen molar-refractivity contribution in [2.75, 3.05) is 0 Å². The van der Waals surface area contributed by atoms with Crippen LogP contribution < -0.4 is 0 Å². The first-order valence-corrected chi connectivity index (χ1v) is 16.3. The number of aliphatic imine (C=N–C) groups is 1. The van der Waals surface area contributed by atoms with Gasteiger partial charge in [0, 0.05) is 11.8 Å². The zero-order valence-corrected chi connectivity index (χ0v) is 28.3. The molecule has 3 heteroatoms. The maximum atomic E-state index is 6.38. The van der Waals surface area contributed by atoms with Crippen molar-refractivity contribution in [1.82, 2.24) is 4.98 Å². The summed E-state index contributed by atoms with van der Waals surface area (Å²) in [5, 5.41) is 0. The van der Waals surface area contributed by atoms with E-state index in [0.717, 1.165) is 39.0 Å². The third kappa shape index (κ3) is 6.60. The van der Waals surface area contributed by atoms with Gasteiger partial charge < -0.3 is 4.42 Å². The van der Waals surface area contributed by atoms with Gasteiger partial charge >= 0.3 is 0 Å². The number of para-hydroxylation sites is 2. The molecular formula is C43H44N2O. The minimum atomic E-state index is 0.0387. The third-order valence-corrected chi connectivity index (χ3v) is 8.70. The molecule has 0 aliphatic heterocycles. The highest BCUT2D eigenvalue weighted by Gasteiger charge is 2.20. The summed E-state index contributed by atoms with van der Waals surface area (Å²) in [4.78, 5) is 10.0. The fraction of sp³-hybridized carbons (Fsp3) is 0.256. The second kappa shape index (κ2) is 12.2. The Morgan fingerprint density at radius 1 is 0.630 bits per heavy atom. The Hall–Kier alpha value is -4.76. The van der Waals surface area contributed by atoms with Crippen molar-refractivity contribution < 1.29 is 4.42 Å². The number of aromatic nitrogens is 1. The summed E-state index contributed by atoms with van der Waals surface area (Å²) in [5.41, 5.74) is 13.0. The number of nitrogens with zero attached hydrogens (tertiary/aromatic N) is 2.